The standard InChI is InChI=1S/C26H24N2O7/c1-26(2)18-10-14(33-13-20(31)19(30)12-29)4-6-16(18)23(32)22-17-7-5-15(11-21(17)35-24(22)26)34-25-27-8-3-9-28-25/h3-11,19-20,29-31H,12-13H2,1-2H3/t19?,20-/m1/s1. The van der Waals surface area contributed by atoms with Crippen LogP contribution in [0.25, 0.3) is 11.0 Å². The Morgan fingerprint density at radius 3 is 2.51 bits per heavy atom. The molecule has 1 aliphatic rings. The summed E-state index contributed by atoms with van der Waals surface area (Å²) in [7, 11) is 0. The SMILES string of the molecule is CC1(C)c2cc(OC[C@@H](O)C(O)CO)ccc2C(=O)c2c1oc1cc(Oc3ncccn3)ccc21. The summed E-state index contributed by atoms with van der Waals surface area (Å²) in [5.41, 5.74) is 1.61. The summed E-state index contributed by atoms with van der Waals surface area (Å²) >= 11 is 0. The Bertz CT molecular complexity index is 1400. The van der Waals surface area contributed by atoms with Crippen LogP contribution in [0.4, 0.5) is 0 Å². The van der Waals surface area contributed by atoms with Gasteiger partial charge in [0.25, 0.3) is 0 Å². The minimum Gasteiger partial charge on any atom is -0.491 e. The van der Waals surface area contributed by atoms with E-state index in [9.17, 15) is 15.0 Å². The fourth-order valence-corrected chi connectivity index (χ4v) is 4.25. The van der Waals surface area contributed by atoms with Gasteiger partial charge in [-0.3, -0.25) is 4.79 Å². The third-order valence-electron chi connectivity index (χ3n) is 6.17. The lowest BCUT2D eigenvalue weighted by molar-refractivity contribution is -0.0339. The average Bonchev–Trinajstić information content (AvgIpc) is 3.26. The maximum Gasteiger partial charge on any atom is 0.321 e. The second kappa shape index (κ2) is 8.77. The Morgan fingerprint density at radius 1 is 1.03 bits per heavy atom. The molecule has 0 amide bonds. The fourth-order valence-electron chi connectivity index (χ4n) is 4.25. The number of fused-ring (bicyclic) bond motifs is 4. The van der Waals surface area contributed by atoms with Crippen LogP contribution in [0.1, 0.15) is 41.1 Å². The van der Waals surface area contributed by atoms with E-state index in [2.05, 4.69) is 9.97 Å². The lowest BCUT2D eigenvalue weighted by atomic mass is 9.71. The van der Waals surface area contributed by atoms with Crippen LogP contribution in [0.5, 0.6) is 17.5 Å². The number of carbonyl (C=O) groups excluding carboxylic acids is 1. The molecule has 35 heavy (non-hydrogen) atoms. The molecule has 0 spiro atoms. The molecule has 180 valence electrons. The Balaban J connectivity index is 1.49. The lowest BCUT2D eigenvalue weighted by Crippen LogP contribution is -2.34. The molecular formula is C26H24N2O7. The number of nitrogens with zero attached hydrogens (tertiary/aromatic N) is 2. The molecule has 9 heteroatoms. The number of ether oxygens (including phenoxy) is 2. The molecule has 0 saturated heterocycles. The molecule has 0 saturated carbocycles. The average molecular weight is 476 g/mol. The molecule has 3 N–H and O–H groups in total. The summed E-state index contributed by atoms with van der Waals surface area (Å²) in [6.45, 7) is 3.14. The number of aliphatic hydroxyl groups is 3. The van der Waals surface area contributed by atoms with Crippen molar-refractivity contribution in [2.75, 3.05) is 13.2 Å². The van der Waals surface area contributed by atoms with E-state index in [1.165, 1.54) is 0 Å². The highest BCUT2D eigenvalue weighted by molar-refractivity contribution is 6.19. The fraction of sp³-hybridized carbons (Fsp3) is 0.269. The van der Waals surface area contributed by atoms with Crippen LogP contribution in [0, 0.1) is 0 Å². The summed E-state index contributed by atoms with van der Waals surface area (Å²) in [6.07, 6.45) is 0.618. The van der Waals surface area contributed by atoms with Crippen LogP contribution in [0.15, 0.2) is 59.3 Å². The number of aromatic nitrogens is 2. The van der Waals surface area contributed by atoms with E-state index < -0.39 is 24.2 Å². The van der Waals surface area contributed by atoms with Crippen molar-refractivity contribution in [3.63, 3.8) is 0 Å². The van der Waals surface area contributed by atoms with Crippen LogP contribution in [0.2, 0.25) is 0 Å². The second-order valence-corrected chi connectivity index (χ2v) is 8.89. The molecule has 0 bridgehead atoms. The van der Waals surface area contributed by atoms with Crippen molar-refractivity contribution in [3.8, 4) is 17.5 Å². The minimum atomic E-state index is -1.30. The molecule has 5 rings (SSSR count). The smallest absolute Gasteiger partial charge is 0.321 e. The Hall–Kier alpha value is -3.79. The number of hydrogen-bond donors (Lipinski definition) is 3. The van der Waals surface area contributed by atoms with E-state index in [0.29, 0.717) is 39.4 Å². The van der Waals surface area contributed by atoms with Gasteiger partial charge in [-0.25, -0.2) is 9.97 Å². The molecule has 2 atom stereocenters. The summed E-state index contributed by atoms with van der Waals surface area (Å²) < 4.78 is 17.5. The summed E-state index contributed by atoms with van der Waals surface area (Å²) in [5, 5.41) is 29.1. The molecule has 1 unspecified atom stereocenters. The number of furan rings is 1. The van der Waals surface area contributed by atoms with Crippen molar-refractivity contribution < 1.29 is 34.0 Å². The van der Waals surface area contributed by atoms with Crippen molar-refractivity contribution in [2.24, 2.45) is 0 Å². The Morgan fingerprint density at radius 2 is 1.77 bits per heavy atom. The van der Waals surface area contributed by atoms with Gasteiger partial charge in [-0.05, 0) is 55.8 Å². The lowest BCUT2D eigenvalue weighted by Gasteiger charge is -2.31. The zero-order chi connectivity index (χ0) is 24.7. The van der Waals surface area contributed by atoms with Crippen molar-refractivity contribution >= 4 is 16.8 Å². The van der Waals surface area contributed by atoms with E-state index in [1.807, 2.05) is 13.8 Å². The zero-order valence-corrected chi connectivity index (χ0v) is 19.1. The van der Waals surface area contributed by atoms with Crippen molar-refractivity contribution in [3.05, 3.63) is 77.3 Å². The van der Waals surface area contributed by atoms with E-state index >= 15 is 0 Å². The first-order valence-corrected chi connectivity index (χ1v) is 11.1. The molecule has 2 heterocycles. The van der Waals surface area contributed by atoms with E-state index in [0.717, 1.165) is 5.56 Å². The van der Waals surface area contributed by atoms with E-state index in [1.54, 1.807) is 54.9 Å². The van der Waals surface area contributed by atoms with Gasteiger partial charge in [-0.2, -0.15) is 0 Å². The molecule has 0 fully saturated rings. The maximum atomic E-state index is 13.5. The third kappa shape index (κ3) is 4.03. The van der Waals surface area contributed by atoms with E-state index in [4.69, 9.17) is 19.0 Å². The number of carbonyl (C=O) groups is 1. The van der Waals surface area contributed by atoms with Gasteiger partial charge in [-0.1, -0.05) is 0 Å². The predicted octanol–water partition coefficient (Wildman–Crippen LogP) is 2.98. The normalized spacial score (nSPS) is 15.9. The number of aliphatic hydroxyl groups excluding tert-OH is 3. The molecule has 2 aromatic heterocycles. The minimum absolute atomic E-state index is 0.157. The first-order chi connectivity index (χ1) is 16.8. The van der Waals surface area contributed by atoms with Crippen molar-refractivity contribution in [1.82, 2.24) is 9.97 Å². The number of ketones is 1. The highest BCUT2D eigenvalue weighted by Gasteiger charge is 2.41. The quantitative estimate of drug-likeness (QED) is 0.368. The summed E-state index contributed by atoms with van der Waals surface area (Å²) in [4.78, 5) is 21.6. The topological polar surface area (TPSA) is 135 Å². The van der Waals surface area contributed by atoms with Gasteiger partial charge in [0.2, 0.25) is 0 Å². The first kappa shape index (κ1) is 23.0. The highest BCUT2D eigenvalue weighted by Crippen LogP contribution is 2.46. The Labute approximate surface area is 200 Å². The van der Waals surface area contributed by atoms with Crippen LogP contribution >= 0.6 is 0 Å². The zero-order valence-electron chi connectivity index (χ0n) is 19.1. The molecule has 0 radical (unpaired) electrons. The van der Waals surface area contributed by atoms with Gasteiger partial charge >= 0.3 is 6.01 Å². The van der Waals surface area contributed by atoms with Crippen LogP contribution in [-0.4, -0.2) is 56.5 Å². The van der Waals surface area contributed by atoms with Gasteiger partial charge in [0.15, 0.2) is 5.78 Å². The van der Waals surface area contributed by atoms with E-state index in [-0.39, 0.29) is 18.4 Å². The van der Waals surface area contributed by atoms with Crippen LogP contribution in [0.3, 0.4) is 0 Å². The summed E-state index contributed by atoms with van der Waals surface area (Å²) in [6, 6.07) is 12.2. The first-order valence-electron chi connectivity index (χ1n) is 11.1. The second-order valence-electron chi connectivity index (χ2n) is 8.89. The van der Waals surface area contributed by atoms with Crippen molar-refractivity contribution in [2.45, 2.75) is 31.5 Å². The maximum absolute atomic E-state index is 13.5. The largest absolute Gasteiger partial charge is 0.491 e. The van der Waals surface area contributed by atoms with Gasteiger partial charge < -0.3 is 29.2 Å². The molecule has 9 nitrogen and oxygen atoms in total. The molecule has 0 aliphatic heterocycles. The predicted molar refractivity (Wildman–Crippen MR) is 125 cm³/mol. The van der Waals surface area contributed by atoms with Crippen molar-refractivity contribution in [1.29, 1.82) is 0 Å². The highest BCUT2D eigenvalue weighted by atomic mass is 16.5. The van der Waals surface area contributed by atoms with Gasteiger partial charge in [0.1, 0.15) is 41.7 Å². The molecule has 1 aliphatic carbocycles. The molecule has 2 aromatic carbocycles. The molecule has 4 aromatic rings. The van der Waals surface area contributed by atoms with Gasteiger partial charge in [0.05, 0.1) is 12.2 Å². The van der Waals surface area contributed by atoms with Crippen LogP contribution < -0.4 is 9.47 Å². The van der Waals surface area contributed by atoms with Gasteiger partial charge in [0, 0.05) is 34.8 Å². The number of hydrogen-bond acceptors (Lipinski definition) is 9. The summed E-state index contributed by atoms with van der Waals surface area (Å²) in [5.74, 6) is 1.28. The Kier molecular flexibility index (Phi) is 5.76. The number of benzene rings is 2. The van der Waals surface area contributed by atoms with Gasteiger partial charge in [-0.15, -0.1) is 0 Å². The van der Waals surface area contributed by atoms with Crippen LogP contribution in [-0.2, 0) is 5.41 Å². The third-order valence-corrected chi connectivity index (χ3v) is 6.17. The monoisotopic (exact) mass is 476 g/mol. The number of rotatable bonds is 7. The molecular weight excluding hydrogens is 452 g/mol.